The highest BCUT2D eigenvalue weighted by atomic mass is 35.5. The SMILES string of the molecule is O=C(CCc1ccc(S(=O)(=O)N2CCOCC2)cc1)N1CCc2[nH]c3ccc(Cl)cc3c2C1. The highest BCUT2D eigenvalue weighted by Crippen LogP contribution is 2.30. The van der Waals surface area contributed by atoms with Crippen molar-refractivity contribution in [1.82, 2.24) is 14.2 Å². The normalized spacial score (nSPS) is 17.3. The highest BCUT2D eigenvalue weighted by Gasteiger charge is 2.27. The van der Waals surface area contributed by atoms with Gasteiger partial charge >= 0.3 is 0 Å². The number of fused-ring (bicyclic) bond motifs is 3. The molecule has 0 spiro atoms. The number of hydrogen-bond acceptors (Lipinski definition) is 4. The molecule has 0 aliphatic carbocycles. The third-order valence-corrected chi connectivity index (χ3v) is 8.60. The highest BCUT2D eigenvalue weighted by molar-refractivity contribution is 7.89. The van der Waals surface area contributed by atoms with Gasteiger partial charge in [0.1, 0.15) is 0 Å². The van der Waals surface area contributed by atoms with Crippen LogP contribution in [0.4, 0.5) is 0 Å². The molecule has 5 rings (SSSR count). The number of hydrogen-bond donors (Lipinski definition) is 1. The van der Waals surface area contributed by atoms with Gasteiger partial charge in [0.25, 0.3) is 0 Å². The van der Waals surface area contributed by atoms with Crippen LogP contribution in [0.3, 0.4) is 0 Å². The summed E-state index contributed by atoms with van der Waals surface area (Å²) in [5, 5.41) is 1.76. The number of aryl methyl sites for hydroxylation is 1. The van der Waals surface area contributed by atoms with E-state index in [2.05, 4.69) is 4.98 Å². The molecular formula is C24H26ClN3O4S. The Labute approximate surface area is 198 Å². The monoisotopic (exact) mass is 487 g/mol. The molecule has 174 valence electrons. The molecule has 1 N–H and O–H groups in total. The Morgan fingerprint density at radius 2 is 1.82 bits per heavy atom. The number of halogens is 1. The van der Waals surface area contributed by atoms with Crippen LogP contribution >= 0.6 is 11.6 Å². The first-order valence-electron chi connectivity index (χ1n) is 11.2. The van der Waals surface area contributed by atoms with Crippen LogP contribution in [-0.2, 0) is 38.9 Å². The van der Waals surface area contributed by atoms with Crippen molar-refractivity contribution in [3.05, 3.63) is 64.3 Å². The fraction of sp³-hybridized carbons (Fsp3) is 0.375. The van der Waals surface area contributed by atoms with E-state index < -0.39 is 10.0 Å². The molecule has 9 heteroatoms. The predicted molar refractivity (Wildman–Crippen MR) is 127 cm³/mol. The smallest absolute Gasteiger partial charge is 0.243 e. The Kier molecular flexibility index (Phi) is 6.18. The summed E-state index contributed by atoms with van der Waals surface area (Å²) in [4.78, 5) is 18.5. The number of nitrogens with zero attached hydrogens (tertiary/aromatic N) is 2. The van der Waals surface area contributed by atoms with Crippen molar-refractivity contribution in [2.24, 2.45) is 0 Å². The van der Waals surface area contributed by atoms with Crippen molar-refractivity contribution >= 4 is 38.4 Å². The topological polar surface area (TPSA) is 82.7 Å². The molecule has 1 fully saturated rings. The van der Waals surface area contributed by atoms with Crippen LogP contribution in [0.2, 0.25) is 5.02 Å². The molecule has 1 amide bonds. The van der Waals surface area contributed by atoms with Gasteiger partial charge in [-0.15, -0.1) is 0 Å². The lowest BCUT2D eigenvalue weighted by Gasteiger charge is -2.27. The standard InChI is InChI=1S/C24H26ClN3O4S/c25-18-4-7-22-20(15-18)21-16-27(10-9-23(21)26-22)24(29)8-3-17-1-5-19(6-2-17)33(30,31)28-11-13-32-14-12-28/h1-2,4-7,15,26H,3,8-14,16H2. The van der Waals surface area contributed by atoms with Crippen LogP contribution in [0.15, 0.2) is 47.4 Å². The average Bonchev–Trinajstić information content (AvgIpc) is 3.20. The van der Waals surface area contributed by atoms with Crippen molar-refractivity contribution < 1.29 is 17.9 Å². The Morgan fingerprint density at radius 3 is 2.58 bits per heavy atom. The van der Waals surface area contributed by atoms with E-state index in [0.29, 0.717) is 57.3 Å². The Hall–Kier alpha value is -2.39. The van der Waals surface area contributed by atoms with E-state index in [9.17, 15) is 13.2 Å². The van der Waals surface area contributed by atoms with Gasteiger partial charge in [0.05, 0.1) is 18.1 Å². The molecule has 7 nitrogen and oxygen atoms in total. The molecule has 0 atom stereocenters. The first-order chi connectivity index (χ1) is 15.9. The summed E-state index contributed by atoms with van der Waals surface area (Å²) < 4.78 is 32.2. The van der Waals surface area contributed by atoms with Crippen LogP contribution in [0.5, 0.6) is 0 Å². The molecule has 2 aromatic carbocycles. The molecule has 0 unspecified atom stereocenters. The minimum absolute atomic E-state index is 0.0991. The largest absolute Gasteiger partial charge is 0.379 e. The molecule has 2 aliphatic rings. The minimum atomic E-state index is -3.51. The van der Waals surface area contributed by atoms with Crippen LogP contribution < -0.4 is 0 Å². The summed E-state index contributed by atoms with van der Waals surface area (Å²) in [5.41, 5.74) is 4.31. The molecule has 0 radical (unpaired) electrons. The van der Waals surface area contributed by atoms with E-state index in [1.54, 1.807) is 24.3 Å². The fourth-order valence-corrected chi connectivity index (χ4v) is 6.15. The molecule has 0 bridgehead atoms. The van der Waals surface area contributed by atoms with Crippen molar-refractivity contribution in [2.45, 2.75) is 30.7 Å². The first kappa shape index (κ1) is 22.4. The number of sulfonamides is 1. The summed E-state index contributed by atoms with van der Waals surface area (Å²) in [6, 6.07) is 12.7. The summed E-state index contributed by atoms with van der Waals surface area (Å²) in [6.45, 7) is 2.85. The van der Waals surface area contributed by atoms with Gasteiger partial charge in [-0.05, 0) is 42.3 Å². The molecule has 33 heavy (non-hydrogen) atoms. The second kappa shape index (κ2) is 9.10. The van der Waals surface area contributed by atoms with E-state index in [0.717, 1.165) is 28.5 Å². The van der Waals surface area contributed by atoms with Crippen LogP contribution in [0.25, 0.3) is 10.9 Å². The van der Waals surface area contributed by atoms with Gasteiger partial charge in [-0.3, -0.25) is 4.79 Å². The van der Waals surface area contributed by atoms with Crippen LogP contribution in [0, 0.1) is 0 Å². The number of benzene rings is 2. The number of morpholine rings is 1. The quantitative estimate of drug-likeness (QED) is 0.598. The Balaban J connectivity index is 1.22. The third-order valence-electron chi connectivity index (χ3n) is 6.45. The number of aromatic nitrogens is 1. The van der Waals surface area contributed by atoms with Crippen molar-refractivity contribution in [3.8, 4) is 0 Å². The van der Waals surface area contributed by atoms with Crippen LogP contribution in [0.1, 0.15) is 23.2 Å². The van der Waals surface area contributed by atoms with Gasteiger partial charge < -0.3 is 14.6 Å². The third kappa shape index (κ3) is 4.53. The van der Waals surface area contributed by atoms with Gasteiger partial charge in [0, 0.05) is 66.2 Å². The number of carbonyl (C=O) groups excluding carboxylic acids is 1. The number of H-pyrrole nitrogens is 1. The molecule has 1 aromatic heterocycles. The Morgan fingerprint density at radius 1 is 1.06 bits per heavy atom. The summed E-state index contributed by atoms with van der Waals surface area (Å²) in [5.74, 6) is 0.0991. The number of carbonyl (C=O) groups is 1. The Bertz CT molecular complexity index is 1280. The molecule has 3 heterocycles. The van der Waals surface area contributed by atoms with E-state index in [4.69, 9.17) is 16.3 Å². The minimum Gasteiger partial charge on any atom is -0.379 e. The lowest BCUT2D eigenvalue weighted by molar-refractivity contribution is -0.132. The lowest BCUT2D eigenvalue weighted by atomic mass is 10.0. The van der Waals surface area contributed by atoms with Gasteiger partial charge in [-0.25, -0.2) is 8.42 Å². The van der Waals surface area contributed by atoms with Crippen molar-refractivity contribution in [2.75, 3.05) is 32.8 Å². The van der Waals surface area contributed by atoms with Gasteiger partial charge in [-0.1, -0.05) is 23.7 Å². The number of aromatic amines is 1. The number of ether oxygens (including phenoxy) is 1. The maximum atomic E-state index is 12.9. The van der Waals surface area contributed by atoms with E-state index in [1.807, 2.05) is 23.1 Å². The van der Waals surface area contributed by atoms with Gasteiger partial charge in [-0.2, -0.15) is 4.31 Å². The van der Waals surface area contributed by atoms with Crippen LogP contribution in [-0.4, -0.2) is 61.4 Å². The van der Waals surface area contributed by atoms with E-state index in [1.165, 1.54) is 10.00 Å². The number of amides is 1. The molecule has 3 aromatic rings. The van der Waals surface area contributed by atoms with Gasteiger partial charge in [0.2, 0.25) is 15.9 Å². The second-order valence-electron chi connectivity index (χ2n) is 8.50. The maximum Gasteiger partial charge on any atom is 0.243 e. The number of rotatable bonds is 5. The van der Waals surface area contributed by atoms with Crippen molar-refractivity contribution in [1.29, 1.82) is 0 Å². The fourth-order valence-electron chi connectivity index (χ4n) is 4.57. The molecular weight excluding hydrogens is 462 g/mol. The summed E-state index contributed by atoms with van der Waals surface area (Å²) in [6.07, 6.45) is 1.75. The summed E-state index contributed by atoms with van der Waals surface area (Å²) in [7, 11) is -3.51. The van der Waals surface area contributed by atoms with E-state index >= 15 is 0 Å². The van der Waals surface area contributed by atoms with E-state index in [-0.39, 0.29) is 10.8 Å². The second-order valence-corrected chi connectivity index (χ2v) is 10.9. The van der Waals surface area contributed by atoms with Gasteiger partial charge in [0.15, 0.2) is 0 Å². The molecule has 1 saturated heterocycles. The first-order valence-corrected chi connectivity index (χ1v) is 13.0. The zero-order valence-corrected chi connectivity index (χ0v) is 19.8. The lowest BCUT2D eigenvalue weighted by Crippen LogP contribution is -2.40. The number of nitrogens with one attached hydrogen (secondary N) is 1. The average molecular weight is 488 g/mol. The zero-order valence-electron chi connectivity index (χ0n) is 18.2. The zero-order chi connectivity index (χ0) is 23.0. The predicted octanol–water partition coefficient (Wildman–Crippen LogP) is 3.36. The van der Waals surface area contributed by atoms with Crippen molar-refractivity contribution in [3.63, 3.8) is 0 Å². The molecule has 2 aliphatic heterocycles. The maximum absolute atomic E-state index is 12.9. The molecule has 0 saturated carbocycles. The summed E-state index contributed by atoms with van der Waals surface area (Å²) >= 11 is 6.18.